The van der Waals surface area contributed by atoms with Crippen LogP contribution in [0.3, 0.4) is 0 Å². The molecule has 6 heteroatoms. The Hall–Kier alpha value is -1.14. The highest BCUT2D eigenvalue weighted by Crippen LogP contribution is 2.13. The molecule has 1 aromatic carbocycles. The molecule has 1 rings (SSSR count). The minimum Gasteiger partial charge on any atom is -0.389 e. The van der Waals surface area contributed by atoms with Crippen molar-refractivity contribution in [2.45, 2.75) is 20.3 Å². The lowest BCUT2D eigenvalue weighted by Gasteiger charge is -2.09. The molecule has 1 aromatic rings. The number of benzene rings is 1. The van der Waals surface area contributed by atoms with Crippen molar-refractivity contribution in [2.24, 2.45) is 11.7 Å². The Bertz CT molecular complexity index is 507. The van der Waals surface area contributed by atoms with Crippen molar-refractivity contribution >= 4 is 32.9 Å². The van der Waals surface area contributed by atoms with E-state index in [9.17, 15) is 8.42 Å². The number of sulfonamides is 1. The number of thiocarbonyl (C=S) groups is 1. The molecule has 0 fully saturated rings. The third-order valence-electron chi connectivity index (χ3n) is 2.41. The molecule has 0 saturated carbocycles. The maximum Gasteiger partial charge on any atom is 0.232 e. The second-order valence-electron chi connectivity index (χ2n) is 4.55. The molecule has 0 spiro atoms. The summed E-state index contributed by atoms with van der Waals surface area (Å²) in [6.45, 7) is 3.99. The number of anilines is 1. The topological polar surface area (TPSA) is 72.2 Å². The first-order valence-corrected chi connectivity index (χ1v) is 7.76. The smallest absolute Gasteiger partial charge is 0.232 e. The maximum absolute atomic E-state index is 11.8. The molecule has 0 aliphatic carbocycles. The van der Waals surface area contributed by atoms with E-state index in [2.05, 4.69) is 4.72 Å². The van der Waals surface area contributed by atoms with Crippen molar-refractivity contribution in [2.75, 3.05) is 10.5 Å². The molecule has 0 heterocycles. The summed E-state index contributed by atoms with van der Waals surface area (Å²) >= 11 is 4.82. The number of hydrogen-bond acceptors (Lipinski definition) is 3. The van der Waals surface area contributed by atoms with Crippen LogP contribution >= 0.6 is 12.2 Å². The summed E-state index contributed by atoms with van der Waals surface area (Å²) in [6, 6.07) is 6.70. The van der Waals surface area contributed by atoms with Gasteiger partial charge in [0.1, 0.15) is 4.99 Å². The predicted molar refractivity (Wildman–Crippen MR) is 79.2 cm³/mol. The molecule has 0 saturated heterocycles. The second kappa shape index (κ2) is 6.15. The van der Waals surface area contributed by atoms with E-state index < -0.39 is 10.0 Å². The molecule has 0 atom stereocenters. The number of nitrogens with one attached hydrogen (secondary N) is 1. The highest BCUT2D eigenvalue weighted by molar-refractivity contribution is 7.92. The van der Waals surface area contributed by atoms with Crippen LogP contribution in [0, 0.1) is 5.92 Å². The molecule has 0 amide bonds. The fourth-order valence-electron chi connectivity index (χ4n) is 1.32. The van der Waals surface area contributed by atoms with Crippen LogP contribution in [0.2, 0.25) is 0 Å². The number of rotatable bonds is 6. The van der Waals surface area contributed by atoms with Crippen LogP contribution in [0.15, 0.2) is 24.3 Å². The zero-order chi connectivity index (χ0) is 13.8. The summed E-state index contributed by atoms with van der Waals surface area (Å²) in [5, 5.41) is 0. The van der Waals surface area contributed by atoms with Crippen LogP contribution in [0.5, 0.6) is 0 Å². The van der Waals surface area contributed by atoms with Gasteiger partial charge < -0.3 is 5.73 Å². The van der Waals surface area contributed by atoms with Gasteiger partial charge in [-0.25, -0.2) is 8.42 Å². The normalized spacial score (nSPS) is 11.5. The van der Waals surface area contributed by atoms with E-state index in [0.29, 0.717) is 23.0 Å². The molecule has 0 aromatic heterocycles. The number of nitrogens with two attached hydrogens (primary N) is 1. The van der Waals surface area contributed by atoms with Gasteiger partial charge in [-0.05, 0) is 36.6 Å². The maximum atomic E-state index is 11.8. The molecular formula is C12H18N2O2S2. The van der Waals surface area contributed by atoms with Gasteiger partial charge >= 0.3 is 0 Å². The van der Waals surface area contributed by atoms with Crippen LogP contribution in [-0.4, -0.2) is 19.2 Å². The van der Waals surface area contributed by atoms with Crippen molar-refractivity contribution in [1.29, 1.82) is 0 Å². The third-order valence-corrected chi connectivity index (χ3v) is 3.96. The molecule has 3 N–H and O–H groups in total. The van der Waals surface area contributed by atoms with Gasteiger partial charge in [0.2, 0.25) is 10.0 Å². The average molecular weight is 286 g/mol. The molecular weight excluding hydrogens is 268 g/mol. The van der Waals surface area contributed by atoms with Crippen LogP contribution in [0.1, 0.15) is 25.8 Å². The first-order valence-electron chi connectivity index (χ1n) is 5.70. The van der Waals surface area contributed by atoms with Gasteiger partial charge in [0, 0.05) is 11.3 Å². The molecule has 0 aliphatic heterocycles. The Kier molecular flexibility index (Phi) is 5.10. The quantitative estimate of drug-likeness (QED) is 0.786. The summed E-state index contributed by atoms with van der Waals surface area (Å²) in [7, 11) is -3.28. The van der Waals surface area contributed by atoms with Crippen molar-refractivity contribution < 1.29 is 8.42 Å². The second-order valence-corrected chi connectivity index (χ2v) is 6.83. The van der Waals surface area contributed by atoms with Crippen molar-refractivity contribution in [3.8, 4) is 0 Å². The standard InChI is InChI=1S/C12H18N2O2S2/c1-9(2)7-8-18(15,16)14-11-5-3-10(4-6-11)12(13)17/h3-6,9,14H,7-8H2,1-2H3,(H2,13,17). The summed E-state index contributed by atoms with van der Waals surface area (Å²) < 4.78 is 26.1. The van der Waals surface area contributed by atoms with E-state index in [1.807, 2.05) is 13.8 Å². The van der Waals surface area contributed by atoms with Gasteiger partial charge in [0.15, 0.2) is 0 Å². The van der Waals surface area contributed by atoms with Gasteiger partial charge in [-0.3, -0.25) is 4.72 Å². The molecule has 100 valence electrons. The summed E-state index contributed by atoms with van der Waals surface area (Å²) in [5.41, 5.74) is 6.71. The first kappa shape index (κ1) is 14.9. The highest BCUT2D eigenvalue weighted by atomic mass is 32.2. The van der Waals surface area contributed by atoms with Gasteiger partial charge in [-0.15, -0.1) is 0 Å². The predicted octanol–water partition coefficient (Wildman–Crippen LogP) is 2.11. The van der Waals surface area contributed by atoms with Crippen LogP contribution in [-0.2, 0) is 10.0 Å². The molecule has 0 aliphatic rings. The summed E-state index contributed by atoms with van der Waals surface area (Å²) in [5.74, 6) is 0.486. The van der Waals surface area contributed by atoms with Gasteiger partial charge in [0.05, 0.1) is 5.75 Å². The molecule has 18 heavy (non-hydrogen) atoms. The van der Waals surface area contributed by atoms with E-state index in [1.165, 1.54) is 0 Å². The third kappa shape index (κ3) is 5.01. The van der Waals surface area contributed by atoms with Crippen molar-refractivity contribution in [3.63, 3.8) is 0 Å². The molecule has 0 radical (unpaired) electrons. The highest BCUT2D eigenvalue weighted by Gasteiger charge is 2.11. The molecule has 4 nitrogen and oxygen atoms in total. The number of hydrogen-bond donors (Lipinski definition) is 2. The van der Waals surface area contributed by atoms with Gasteiger partial charge in [0.25, 0.3) is 0 Å². The minimum absolute atomic E-state index is 0.127. The zero-order valence-electron chi connectivity index (χ0n) is 10.5. The van der Waals surface area contributed by atoms with Gasteiger partial charge in [-0.1, -0.05) is 26.1 Å². The van der Waals surface area contributed by atoms with Crippen molar-refractivity contribution in [3.05, 3.63) is 29.8 Å². The Labute approximate surface area is 114 Å². The zero-order valence-corrected chi connectivity index (χ0v) is 12.1. The summed E-state index contributed by atoms with van der Waals surface area (Å²) in [6.07, 6.45) is 0.639. The first-order chi connectivity index (χ1) is 8.30. The monoisotopic (exact) mass is 286 g/mol. The van der Waals surface area contributed by atoms with Crippen molar-refractivity contribution in [1.82, 2.24) is 0 Å². The lowest BCUT2D eigenvalue weighted by Crippen LogP contribution is -2.18. The van der Waals surface area contributed by atoms with Crippen LogP contribution in [0.4, 0.5) is 5.69 Å². The van der Waals surface area contributed by atoms with Crippen LogP contribution < -0.4 is 10.5 Å². The summed E-state index contributed by atoms with van der Waals surface area (Å²) in [4.78, 5) is 0.296. The Morgan fingerprint density at radius 2 is 1.89 bits per heavy atom. The van der Waals surface area contributed by atoms with Gasteiger partial charge in [-0.2, -0.15) is 0 Å². The minimum atomic E-state index is -3.28. The Morgan fingerprint density at radius 3 is 2.33 bits per heavy atom. The average Bonchev–Trinajstić information content (AvgIpc) is 2.27. The Balaban J connectivity index is 2.69. The van der Waals surface area contributed by atoms with E-state index in [1.54, 1.807) is 24.3 Å². The van der Waals surface area contributed by atoms with Crippen LogP contribution in [0.25, 0.3) is 0 Å². The lowest BCUT2D eigenvalue weighted by molar-refractivity contribution is 0.578. The van der Waals surface area contributed by atoms with E-state index in [0.717, 1.165) is 5.56 Å². The lowest BCUT2D eigenvalue weighted by atomic mass is 10.2. The largest absolute Gasteiger partial charge is 0.389 e. The molecule has 0 unspecified atom stereocenters. The molecule has 0 bridgehead atoms. The van der Waals surface area contributed by atoms with E-state index in [4.69, 9.17) is 18.0 Å². The Morgan fingerprint density at radius 1 is 1.33 bits per heavy atom. The fraction of sp³-hybridized carbons (Fsp3) is 0.417. The fourth-order valence-corrected chi connectivity index (χ4v) is 2.84. The SMILES string of the molecule is CC(C)CCS(=O)(=O)Nc1ccc(C(N)=S)cc1. The van der Waals surface area contributed by atoms with E-state index >= 15 is 0 Å². The van der Waals surface area contributed by atoms with E-state index in [-0.39, 0.29) is 5.75 Å².